The molecule has 0 fully saturated rings. The minimum absolute atomic E-state index is 0.550. The van der Waals surface area contributed by atoms with Crippen molar-refractivity contribution in [2.24, 2.45) is 0 Å². The summed E-state index contributed by atoms with van der Waals surface area (Å²) in [6, 6.07) is 13.3. The highest BCUT2D eigenvalue weighted by atomic mass is 16.5. The highest BCUT2D eigenvalue weighted by Gasteiger charge is 2.06. The van der Waals surface area contributed by atoms with Crippen molar-refractivity contribution in [3.8, 4) is 5.75 Å². The van der Waals surface area contributed by atoms with E-state index in [0.29, 0.717) is 13.4 Å². The predicted octanol–water partition coefficient (Wildman–Crippen LogP) is 2.49. The second-order valence-corrected chi connectivity index (χ2v) is 3.48. The zero-order chi connectivity index (χ0) is 11.0. The summed E-state index contributed by atoms with van der Waals surface area (Å²) in [5, 5.41) is 10.7. The molecule has 2 aromatic carbocycles. The summed E-state index contributed by atoms with van der Waals surface area (Å²) in [5.74, 6) is 0.550. The highest BCUT2D eigenvalue weighted by molar-refractivity contribution is 6.17. The number of hydrogen-bond donors (Lipinski definition) is 1. The molecule has 0 amide bonds. The van der Waals surface area contributed by atoms with E-state index in [4.69, 9.17) is 14.1 Å². The fourth-order valence-electron chi connectivity index (χ4n) is 1.84. The van der Waals surface area contributed by atoms with Gasteiger partial charge in [-0.25, -0.2) is 0 Å². The zero-order valence-corrected chi connectivity index (χ0v) is 8.38. The molecule has 4 heteroatoms. The fourth-order valence-corrected chi connectivity index (χ4v) is 1.84. The van der Waals surface area contributed by atoms with Crippen LogP contribution in [0.4, 0.5) is 0 Å². The average Bonchev–Trinajstić information content (AvgIpc) is 2.67. The van der Waals surface area contributed by atoms with Gasteiger partial charge in [-0.3, -0.25) is 0 Å². The van der Waals surface area contributed by atoms with E-state index in [9.17, 15) is 0 Å². The minimum Gasteiger partial charge on any atom is -0.537 e. The van der Waals surface area contributed by atoms with Gasteiger partial charge in [-0.1, -0.05) is 18.2 Å². The number of hydrogen-bond acceptors (Lipinski definition) is 3. The van der Waals surface area contributed by atoms with Crippen LogP contribution in [0.15, 0.2) is 46.9 Å². The molecule has 0 saturated heterocycles. The minimum atomic E-state index is 0.550. The van der Waals surface area contributed by atoms with Crippen molar-refractivity contribution in [1.29, 1.82) is 0 Å². The molecule has 3 nitrogen and oxygen atoms in total. The SMILES string of the molecule is O[B]Oc1ccc2c(c1)oc1ccccc12. The molecule has 16 heavy (non-hydrogen) atoms. The van der Waals surface area contributed by atoms with Crippen LogP contribution >= 0.6 is 0 Å². The molecule has 0 aliphatic carbocycles. The van der Waals surface area contributed by atoms with Crippen molar-refractivity contribution in [3.63, 3.8) is 0 Å². The molecule has 0 aliphatic rings. The third kappa shape index (κ3) is 1.35. The van der Waals surface area contributed by atoms with Crippen LogP contribution < -0.4 is 4.65 Å². The van der Waals surface area contributed by atoms with E-state index in [0.717, 1.165) is 21.9 Å². The van der Waals surface area contributed by atoms with Gasteiger partial charge in [-0.2, -0.15) is 0 Å². The van der Waals surface area contributed by atoms with Crippen LogP contribution in [0.1, 0.15) is 0 Å². The highest BCUT2D eigenvalue weighted by Crippen LogP contribution is 2.30. The van der Waals surface area contributed by atoms with E-state index in [1.807, 2.05) is 30.3 Å². The van der Waals surface area contributed by atoms with Crippen molar-refractivity contribution in [1.82, 2.24) is 0 Å². The van der Waals surface area contributed by atoms with E-state index >= 15 is 0 Å². The summed E-state index contributed by atoms with van der Waals surface area (Å²) in [4.78, 5) is 0. The first kappa shape index (κ1) is 9.30. The third-order valence-electron chi connectivity index (χ3n) is 2.54. The Kier molecular flexibility index (Phi) is 2.08. The monoisotopic (exact) mass is 211 g/mol. The maximum atomic E-state index is 8.55. The molecule has 0 saturated carbocycles. The molecule has 3 aromatic rings. The van der Waals surface area contributed by atoms with Gasteiger partial charge < -0.3 is 14.1 Å². The first-order valence-corrected chi connectivity index (χ1v) is 4.92. The van der Waals surface area contributed by atoms with E-state index < -0.39 is 0 Å². The molecule has 0 bridgehead atoms. The molecule has 1 heterocycles. The van der Waals surface area contributed by atoms with Gasteiger partial charge in [0.05, 0.1) is 0 Å². The zero-order valence-electron chi connectivity index (χ0n) is 8.38. The molecular formula is C12H8BO3. The van der Waals surface area contributed by atoms with Crippen molar-refractivity contribution in [2.45, 2.75) is 0 Å². The maximum Gasteiger partial charge on any atom is 0.569 e. The molecule has 3 rings (SSSR count). The van der Waals surface area contributed by atoms with Crippen LogP contribution in [-0.2, 0) is 0 Å². The Morgan fingerprint density at radius 1 is 1.00 bits per heavy atom. The van der Waals surface area contributed by atoms with Crippen molar-refractivity contribution in [2.75, 3.05) is 0 Å². The van der Waals surface area contributed by atoms with Gasteiger partial charge in [-0.15, -0.1) is 0 Å². The van der Waals surface area contributed by atoms with E-state index in [-0.39, 0.29) is 0 Å². The Labute approximate surface area is 92.6 Å². The summed E-state index contributed by atoms with van der Waals surface area (Å²) in [6.07, 6.45) is 0. The van der Waals surface area contributed by atoms with E-state index in [1.54, 1.807) is 12.1 Å². The van der Waals surface area contributed by atoms with E-state index in [2.05, 4.69) is 0 Å². The quantitative estimate of drug-likeness (QED) is 0.662. The summed E-state index contributed by atoms with van der Waals surface area (Å²) in [6.45, 7) is 0. The van der Waals surface area contributed by atoms with Crippen LogP contribution in [0.25, 0.3) is 21.9 Å². The Morgan fingerprint density at radius 3 is 2.69 bits per heavy atom. The summed E-state index contributed by atoms with van der Waals surface area (Å²) < 4.78 is 10.5. The average molecular weight is 211 g/mol. The molecule has 1 N–H and O–H groups in total. The fraction of sp³-hybridized carbons (Fsp3) is 0. The Hall–Kier alpha value is -1.94. The number of benzene rings is 2. The summed E-state index contributed by atoms with van der Waals surface area (Å²) >= 11 is 0. The predicted molar refractivity (Wildman–Crippen MR) is 62.3 cm³/mol. The van der Waals surface area contributed by atoms with Crippen LogP contribution in [0.3, 0.4) is 0 Å². The number of para-hydroxylation sites is 1. The van der Waals surface area contributed by atoms with E-state index in [1.165, 1.54) is 0 Å². The topological polar surface area (TPSA) is 42.6 Å². The third-order valence-corrected chi connectivity index (χ3v) is 2.54. The molecule has 77 valence electrons. The van der Waals surface area contributed by atoms with Gasteiger partial charge in [0.2, 0.25) is 0 Å². The Bertz CT molecular complexity index is 645. The molecular weight excluding hydrogens is 203 g/mol. The van der Waals surface area contributed by atoms with Crippen LogP contribution in [0, 0.1) is 0 Å². The molecule has 0 atom stereocenters. The van der Waals surface area contributed by atoms with Crippen molar-refractivity contribution in [3.05, 3.63) is 42.5 Å². The van der Waals surface area contributed by atoms with Crippen LogP contribution in [0.5, 0.6) is 5.75 Å². The van der Waals surface area contributed by atoms with Gasteiger partial charge in [0.15, 0.2) is 0 Å². The molecule has 0 spiro atoms. The van der Waals surface area contributed by atoms with Gasteiger partial charge in [-0.05, 0) is 18.2 Å². The first-order valence-electron chi connectivity index (χ1n) is 4.92. The lowest BCUT2D eigenvalue weighted by atomic mass is 10.1. The standard InChI is InChI=1S/C12H8BO3/c14-13-16-8-5-6-10-9-3-1-2-4-11(9)15-12(10)7-8/h1-7,14H. The summed E-state index contributed by atoms with van der Waals surface area (Å²) in [7, 11) is 0.657. The van der Waals surface area contributed by atoms with Crippen molar-refractivity contribution >= 4 is 29.6 Å². The number of fused-ring (bicyclic) bond motifs is 3. The number of rotatable bonds is 2. The molecule has 0 unspecified atom stereocenters. The molecule has 1 radical (unpaired) electrons. The van der Waals surface area contributed by atoms with Gasteiger partial charge in [0.25, 0.3) is 0 Å². The van der Waals surface area contributed by atoms with Crippen LogP contribution in [-0.4, -0.2) is 12.7 Å². The largest absolute Gasteiger partial charge is 0.569 e. The maximum absolute atomic E-state index is 8.55. The second kappa shape index (κ2) is 3.57. The molecule has 0 aliphatic heterocycles. The van der Waals surface area contributed by atoms with Gasteiger partial charge >= 0.3 is 7.69 Å². The van der Waals surface area contributed by atoms with Crippen molar-refractivity contribution < 1.29 is 14.1 Å². The number of furan rings is 1. The normalized spacial score (nSPS) is 10.8. The lowest BCUT2D eigenvalue weighted by Crippen LogP contribution is -1.98. The van der Waals surface area contributed by atoms with Crippen LogP contribution in [0.2, 0.25) is 0 Å². The first-order chi connectivity index (χ1) is 7.88. The Morgan fingerprint density at radius 2 is 1.81 bits per heavy atom. The second-order valence-electron chi connectivity index (χ2n) is 3.48. The lowest BCUT2D eigenvalue weighted by Gasteiger charge is -1.99. The lowest BCUT2D eigenvalue weighted by molar-refractivity contribution is 0.453. The summed E-state index contributed by atoms with van der Waals surface area (Å²) in [5.41, 5.74) is 1.60. The Balaban J connectivity index is 2.28. The van der Waals surface area contributed by atoms with Gasteiger partial charge in [0, 0.05) is 16.8 Å². The smallest absolute Gasteiger partial charge is 0.537 e. The molecule has 1 aromatic heterocycles. The van der Waals surface area contributed by atoms with Gasteiger partial charge in [0.1, 0.15) is 16.9 Å².